The third-order valence-corrected chi connectivity index (χ3v) is 4.12. The summed E-state index contributed by atoms with van der Waals surface area (Å²) < 4.78 is 10.7. The van der Waals surface area contributed by atoms with Crippen molar-refractivity contribution in [1.29, 1.82) is 0 Å². The van der Waals surface area contributed by atoms with Gasteiger partial charge in [-0.15, -0.1) is 0 Å². The van der Waals surface area contributed by atoms with Crippen molar-refractivity contribution in [2.75, 3.05) is 65.5 Å². The van der Waals surface area contributed by atoms with E-state index >= 15 is 0 Å². The molecule has 1 fully saturated rings. The predicted octanol–water partition coefficient (Wildman–Crippen LogP) is 1.57. The number of nitrogens with one attached hydrogen (secondary N) is 1. The Hall–Kier alpha value is -1.30. The van der Waals surface area contributed by atoms with Gasteiger partial charge in [-0.2, -0.15) is 0 Å². The van der Waals surface area contributed by atoms with Gasteiger partial charge in [-0.05, 0) is 37.7 Å². The Morgan fingerprint density at radius 3 is 2.59 bits per heavy atom. The zero-order chi connectivity index (χ0) is 15.8. The zero-order valence-corrected chi connectivity index (χ0v) is 14.1. The summed E-state index contributed by atoms with van der Waals surface area (Å²) in [5.74, 6) is 0.973. The molecule has 124 valence electrons. The molecule has 0 unspecified atom stereocenters. The second-order valence-corrected chi connectivity index (χ2v) is 5.82. The molecule has 22 heavy (non-hydrogen) atoms. The Morgan fingerprint density at radius 2 is 1.91 bits per heavy atom. The molecule has 1 aliphatic heterocycles. The lowest BCUT2D eigenvalue weighted by atomic mass is 10.1. The van der Waals surface area contributed by atoms with Crippen LogP contribution in [0.1, 0.15) is 12.0 Å². The number of methoxy groups -OCH3 is 2. The highest BCUT2D eigenvalue weighted by Gasteiger charge is 2.17. The first-order valence-electron chi connectivity index (χ1n) is 8.04. The molecule has 1 saturated heterocycles. The number of rotatable bonds is 8. The minimum atomic E-state index is 0.804. The molecule has 1 heterocycles. The van der Waals surface area contributed by atoms with Crippen LogP contribution < -0.4 is 15.0 Å². The number of ether oxygens (including phenoxy) is 2. The highest BCUT2D eigenvalue weighted by atomic mass is 16.5. The average Bonchev–Trinajstić information content (AvgIpc) is 2.55. The molecule has 0 radical (unpaired) electrons. The molecule has 5 nitrogen and oxygen atoms in total. The van der Waals surface area contributed by atoms with Crippen LogP contribution in [-0.2, 0) is 11.3 Å². The van der Waals surface area contributed by atoms with E-state index in [0.29, 0.717) is 0 Å². The summed E-state index contributed by atoms with van der Waals surface area (Å²) in [6.45, 7) is 6.96. The average molecular weight is 307 g/mol. The lowest BCUT2D eigenvalue weighted by Gasteiger charge is -2.34. The first-order chi connectivity index (χ1) is 10.7. The zero-order valence-electron chi connectivity index (χ0n) is 14.1. The monoisotopic (exact) mass is 307 g/mol. The Kier molecular flexibility index (Phi) is 6.96. The minimum absolute atomic E-state index is 0.804. The number of hydrogen-bond acceptors (Lipinski definition) is 5. The van der Waals surface area contributed by atoms with E-state index in [2.05, 4.69) is 40.4 Å². The molecule has 1 aromatic carbocycles. The van der Waals surface area contributed by atoms with Crippen molar-refractivity contribution in [3.05, 3.63) is 23.8 Å². The molecule has 0 atom stereocenters. The van der Waals surface area contributed by atoms with Gasteiger partial charge in [-0.1, -0.05) is 6.07 Å². The van der Waals surface area contributed by atoms with Gasteiger partial charge in [-0.25, -0.2) is 0 Å². The summed E-state index contributed by atoms with van der Waals surface area (Å²) >= 11 is 0. The van der Waals surface area contributed by atoms with Crippen LogP contribution in [0.4, 0.5) is 5.69 Å². The lowest BCUT2D eigenvalue weighted by Crippen LogP contribution is -2.44. The Labute approximate surface area is 134 Å². The van der Waals surface area contributed by atoms with Gasteiger partial charge < -0.3 is 24.6 Å². The van der Waals surface area contributed by atoms with E-state index < -0.39 is 0 Å². The Bertz CT molecular complexity index is 446. The maximum absolute atomic E-state index is 5.61. The van der Waals surface area contributed by atoms with Crippen LogP contribution in [-0.4, -0.2) is 65.5 Å². The van der Waals surface area contributed by atoms with Crippen molar-refractivity contribution in [1.82, 2.24) is 10.2 Å². The topological polar surface area (TPSA) is 37.0 Å². The van der Waals surface area contributed by atoms with Crippen molar-refractivity contribution in [3.8, 4) is 5.75 Å². The highest BCUT2D eigenvalue weighted by molar-refractivity contribution is 5.60. The molecule has 0 saturated carbocycles. The third kappa shape index (κ3) is 4.87. The van der Waals surface area contributed by atoms with Gasteiger partial charge in [0.2, 0.25) is 0 Å². The molecule has 2 rings (SSSR count). The van der Waals surface area contributed by atoms with Gasteiger partial charge in [0.25, 0.3) is 0 Å². The number of piperazine rings is 1. The maximum atomic E-state index is 5.61. The molecule has 1 aliphatic rings. The van der Waals surface area contributed by atoms with Crippen LogP contribution in [0.15, 0.2) is 18.2 Å². The van der Waals surface area contributed by atoms with Gasteiger partial charge in [0.1, 0.15) is 5.75 Å². The van der Waals surface area contributed by atoms with E-state index in [4.69, 9.17) is 9.47 Å². The number of likely N-dealkylation sites (N-methyl/N-ethyl adjacent to an activating group) is 1. The van der Waals surface area contributed by atoms with Crippen LogP contribution in [0.25, 0.3) is 0 Å². The van der Waals surface area contributed by atoms with E-state index in [9.17, 15) is 0 Å². The van der Waals surface area contributed by atoms with Crippen molar-refractivity contribution < 1.29 is 9.47 Å². The van der Waals surface area contributed by atoms with E-state index in [1.165, 1.54) is 11.3 Å². The first kappa shape index (κ1) is 17.1. The van der Waals surface area contributed by atoms with Crippen LogP contribution >= 0.6 is 0 Å². The lowest BCUT2D eigenvalue weighted by molar-refractivity contribution is 0.194. The van der Waals surface area contributed by atoms with Crippen LogP contribution in [0, 0.1) is 0 Å². The quantitative estimate of drug-likeness (QED) is 0.738. The summed E-state index contributed by atoms with van der Waals surface area (Å²) in [7, 11) is 5.67. The molecule has 0 aliphatic carbocycles. The fourth-order valence-electron chi connectivity index (χ4n) is 2.71. The summed E-state index contributed by atoms with van der Waals surface area (Å²) in [5.41, 5.74) is 2.46. The van der Waals surface area contributed by atoms with E-state index in [0.717, 1.165) is 58.0 Å². The number of nitrogens with zero attached hydrogens (tertiary/aromatic N) is 2. The normalized spacial score (nSPS) is 16.0. The fourth-order valence-corrected chi connectivity index (χ4v) is 2.71. The Morgan fingerprint density at radius 1 is 1.14 bits per heavy atom. The SMILES string of the molecule is COCCCNCc1ccc(N2CCN(C)CC2)c(OC)c1. The first-order valence-corrected chi connectivity index (χ1v) is 8.04. The predicted molar refractivity (Wildman–Crippen MR) is 90.9 cm³/mol. The second kappa shape index (κ2) is 8.98. The number of hydrogen-bond donors (Lipinski definition) is 1. The van der Waals surface area contributed by atoms with E-state index in [1.54, 1.807) is 14.2 Å². The minimum Gasteiger partial charge on any atom is -0.495 e. The maximum Gasteiger partial charge on any atom is 0.142 e. The summed E-state index contributed by atoms with van der Waals surface area (Å²) in [6.07, 6.45) is 1.03. The van der Waals surface area contributed by atoms with Crippen molar-refractivity contribution in [3.63, 3.8) is 0 Å². The molecule has 0 amide bonds. The van der Waals surface area contributed by atoms with Gasteiger partial charge in [0.15, 0.2) is 0 Å². The molecule has 5 heteroatoms. The van der Waals surface area contributed by atoms with E-state index in [1.807, 2.05) is 0 Å². The van der Waals surface area contributed by atoms with Crippen LogP contribution in [0.2, 0.25) is 0 Å². The largest absolute Gasteiger partial charge is 0.495 e. The van der Waals surface area contributed by atoms with Crippen molar-refractivity contribution in [2.24, 2.45) is 0 Å². The standard InChI is InChI=1S/C17H29N3O2/c1-19-8-10-20(11-9-19)16-6-5-15(13-17(16)22-3)14-18-7-4-12-21-2/h5-6,13,18H,4,7-12,14H2,1-3H3. The van der Waals surface area contributed by atoms with Crippen molar-refractivity contribution >= 4 is 5.69 Å². The molecule has 0 bridgehead atoms. The van der Waals surface area contributed by atoms with Crippen LogP contribution in [0.3, 0.4) is 0 Å². The third-order valence-electron chi connectivity index (χ3n) is 4.12. The molecular formula is C17H29N3O2. The van der Waals surface area contributed by atoms with Crippen molar-refractivity contribution in [2.45, 2.75) is 13.0 Å². The van der Waals surface area contributed by atoms with Gasteiger partial charge in [-0.3, -0.25) is 0 Å². The Balaban J connectivity index is 1.92. The molecule has 0 spiro atoms. The van der Waals surface area contributed by atoms with E-state index in [-0.39, 0.29) is 0 Å². The molecule has 1 N–H and O–H groups in total. The highest BCUT2D eigenvalue weighted by Crippen LogP contribution is 2.30. The smallest absolute Gasteiger partial charge is 0.142 e. The van der Waals surface area contributed by atoms with Gasteiger partial charge >= 0.3 is 0 Å². The molecule has 1 aromatic rings. The summed E-state index contributed by atoms with van der Waals surface area (Å²) in [6, 6.07) is 6.53. The number of anilines is 1. The molecule has 0 aromatic heterocycles. The van der Waals surface area contributed by atoms with Gasteiger partial charge in [0.05, 0.1) is 12.8 Å². The molecular weight excluding hydrogens is 278 g/mol. The summed E-state index contributed by atoms with van der Waals surface area (Å²) in [5, 5.41) is 3.44. The second-order valence-electron chi connectivity index (χ2n) is 5.82. The summed E-state index contributed by atoms with van der Waals surface area (Å²) in [4.78, 5) is 4.77. The fraction of sp³-hybridized carbons (Fsp3) is 0.647. The van der Waals surface area contributed by atoms with Crippen LogP contribution in [0.5, 0.6) is 5.75 Å². The number of benzene rings is 1. The van der Waals surface area contributed by atoms with Gasteiger partial charge in [0, 0.05) is 46.4 Å².